The third-order valence-corrected chi connectivity index (χ3v) is 5.47. The van der Waals surface area contributed by atoms with E-state index in [-0.39, 0.29) is 17.2 Å². The third-order valence-electron chi connectivity index (χ3n) is 4.50. The van der Waals surface area contributed by atoms with Gasteiger partial charge in [-0.15, -0.1) is 16.8 Å². The minimum Gasteiger partial charge on any atom is -0.497 e. The number of aromatic nitrogens is 3. The molecule has 0 saturated heterocycles. The molecule has 0 aliphatic carbocycles. The smallest absolute Gasteiger partial charge is 0.335 e. The summed E-state index contributed by atoms with van der Waals surface area (Å²) in [5.41, 5.74) is 0.509. The van der Waals surface area contributed by atoms with E-state index < -0.39 is 12.1 Å². The molecule has 33 heavy (non-hydrogen) atoms. The average Bonchev–Trinajstić information content (AvgIpc) is 3.21. The number of anilines is 1. The Labute approximate surface area is 195 Å². The van der Waals surface area contributed by atoms with Crippen LogP contribution in [0.3, 0.4) is 0 Å². The van der Waals surface area contributed by atoms with Crippen LogP contribution in [-0.2, 0) is 11.3 Å². The summed E-state index contributed by atoms with van der Waals surface area (Å²) in [6, 6.07) is 13.3. The van der Waals surface area contributed by atoms with E-state index >= 15 is 0 Å². The zero-order valence-corrected chi connectivity index (χ0v) is 19.0. The number of hydrogen-bond donors (Lipinski definition) is 2. The Hall–Kier alpha value is -3.79. The number of methoxy groups -OCH3 is 1. The molecule has 10 heteroatoms. The van der Waals surface area contributed by atoms with E-state index in [1.807, 2.05) is 29.7 Å². The highest BCUT2D eigenvalue weighted by atomic mass is 32.2. The lowest BCUT2D eigenvalue weighted by atomic mass is 10.2. The number of aromatic carboxylic acids is 1. The number of carboxylic acids is 1. The number of rotatable bonds is 11. The number of benzene rings is 2. The lowest BCUT2D eigenvalue weighted by Gasteiger charge is -2.16. The van der Waals surface area contributed by atoms with E-state index in [4.69, 9.17) is 14.6 Å². The van der Waals surface area contributed by atoms with Crippen molar-refractivity contribution in [3.05, 3.63) is 72.6 Å². The van der Waals surface area contributed by atoms with Gasteiger partial charge in [-0.1, -0.05) is 30.0 Å². The zero-order valence-electron chi connectivity index (χ0n) is 18.2. The molecule has 3 aromatic rings. The van der Waals surface area contributed by atoms with E-state index in [1.165, 1.54) is 23.9 Å². The van der Waals surface area contributed by atoms with Gasteiger partial charge in [0.25, 0.3) is 0 Å². The number of nitrogens with one attached hydrogen (secondary N) is 1. The van der Waals surface area contributed by atoms with Crippen molar-refractivity contribution >= 4 is 29.3 Å². The summed E-state index contributed by atoms with van der Waals surface area (Å²) in [6.07, 6.45) is 1.30. The number of allylic oxidation sites excluding steroid dienone is 1. The van der Waals surface area contributed by atoms with Crippen molar-refractivity contribution < 1.29 is 24.2 Å². The SMILES string of the molecule is C=CCn1c(SCC(=O)Nc2cccc(C(=O)O)c2)nnc1C(C)Oc1cccc(OC)c1. The van der Waals surface area contributed by atoms with Crippen LogP contribution in [0.25, 0.3) is 0 Å². The topological polar surface area (TPSA) is 116 Å². The molecule has 1 heterocycles. The maximum Gasteiger partial charge on any atom is 0.335 e. The molecule has 1 unspecified atom stereocenters. The Balaban J connectivity index is 1.67. The predicted octanol–water partition coefficient (Wildman–Crippen LogP) is 4.04. The van der Waals surface area contributed by atoms with Crippen molar-refractivity contribution in [3.63, 3.8) is 0 Å². The van der Waals surface area contributed by atoms with E-state index in [2.05, 4.69) is 22.1 Å². The van der Waals surface area contributed by atoms with Crippen molar-refractivity contribution in [2.45, 2.75) is 24.7 Å². The molecular weight excluding hydrogens is 444 g/mol. The first-order valence-electron chi connectivity index (χ1n) is 10.0. The molecule has 2 aromatic carbocycles. The monoisotopic (exact) mass is 468 g/mol. The molecule has 9 nitrogen and oxygen atoms in total. The van der Waals surface area contributed by atoms with E-state index in [0.29, 0.717) is 34.7 Å². The number of carboxylic acid groups (broad SMARTS) is 1. The van der Waals surface area contributed by atoms with Crippen molar-refractivity contribution in [1.29, 1.82) is 0 Å². The van der Waals surface area contributed by atoms with Gasteiger partial charge in [-0.05, 0) is 37.3 Å². The van der Waals surface area contributed by atoms with Crippen LogP contribution < -0.4 is 14.8 Å². The largest absolute Gasteiger partial charge is 0.497 e. The summed E-state index contributed by atoms with van der Waals surface area (Å²) in [7, 11) is 1.59. The number of thioether (sulfide) groups is 1. The second-order valence-electron chi connectivity index (χ2n) is 6.90. The van der Waals surface area contributed by atoms with E-state index in [9.17, 15) is 9.59 Å². The van der Waals surface area contributed by atoms with Gasteiger partial charge in [0.1, 0.15) is 11.5 Å². The van der Waals surface area contributed by atoms with Gasteiger partial charge in [0.15, 0.2) is 17.1 Å². The predicted molar refractivity (Wildman–Crippen MR) is 125 cm³/mol. The van der Waals surface area contributed by atoms with Gasteiger partial charge in [-0.2, -0.15) is 0 Å². The number of nitrogens with zero attached hydrogens (tertiary/aromatic N) is 3. The van der Waals surface area contributed by atoms with Gasteiger partial charge in [-0.25, -0.2) is 4.79 Å². The summed E-state index contributed by atoms with van der Waals surface area (Å²) < 4.78 is 13.1. The zero-order chi connectivity index (χ0) is 23.8. The number of ether oxygens (including phenoxy) is 2. The highest BCUT2D eigenvalue weighted by Crippen LogP contribution is 2.27. The van der Waals surface area contributed by atoms with E-state index in [1.54, 1.807) is 31.4 Å². The third kappa shape index (κ3) is 6.36. The van der Waals surface area contributed by atoms with Crippen LogP contribution in [0.5, 0.6) is 11.5 Å². The van der Waals surface area contributed by atoms with Crippen LogP contribution in [0.2, 0.25) is 0 Å². The van der Waals surface area contributed by atoms with Gasteiger partial charge < -0.3 is 19.9 Å². The molecule has 172 valence electrons. The van der Waals surface area contributed by atoms with Crippen molar-refractivity contribution in [3.8, 4) is 11.5 Å². The molecular formula is C23H24N4O5S. The lowest BCUT2D eigenvalue weighted by molar-refractivity contribution is -0.113. The Morgan fingerprint density at radius 2 is 1.97 bits per heavy atom. The highest BCUT2D eigenvalue weighted by molar-refractivity contribution is 7.99. The molecule has 1 aromatic heterocycles. The van der Waals surface area contributed by atoms with Crippen molar-refractivity contribution in [2.75, 3.05) is 18.2 Å². The second kappa shape index (κ2) is 11.2. The second-order valence-corrected chi connectivity index (χ2v) is 7.84. The molecule has 0 aliphatic rings. The van der Waals surface area contributed by atoms with Gasteiger partial charge in [-0.3, -0.25) is 9.36 Å². The fourth-order valence-corrected chi connectivity index (χ4v) is 3.75. The minimum absolute atomic E-state index is 0.0672. The number of carbonyl (C=O) groups is 2. The van der Waals surface area contributed by atoms with E-state index in [0.717, 1.165) is 0 Å². The number of carbonyl (C=O) groups excluding carboxylic acids is 1. The van der Waals surface area contributed by atoms with Gasteiger partial charge >= 0.3 is 5.97 Å². The number of hydrogen-bond acceptors (Lipinski definition) is 7. The normalized spacial score (nSPS) is 11.5. The Kier molecular flexibility index (Phi) is 8.09. The quantitative estimate of drug-likeness (QED) is 0.320. The Morgan fingerprint density at radius 1 is 1.21 bits per heavy atom. The first kappa shape index (κ1) is 23.9. The molecule has 0 aliphatic heterocycles. The van der Waals surface area contributed by atoms with Crippen molar-refractivity contribution in [2.24, 2.45) is 0 Å². The summed E-state index contributed by atoms with van der Waals surface area (Å²) in [6.45, 7) is 6.09. The molecule has 0 fully saturated rings. The van der Waals surface area contributed by atoms with Crippen LogP contribution >= 0.6 is 11.8 Å². The molecule has 0 radical (unpaired) electrons. The highest BCUT2D eigenvalue weighted by Gasteiger charge is 2.20. The molecule has 0 saturated carbocycles. The Morgan fingerprint density at radius 3 is 2.70 bits per heavy atom. The van der Waals surface area contributed by atoms with Gasteiger partial charge in [0, 0.05) is 18.3 Å². The minimum atomic E-state index is -1.06. The average molecular weight is 469 g/mol. The van der Waals surface area contributed by atoms with Crippen LogP contribution in [0.1, 0.15) is 29.2 Å². The summed E-state index contributed by atoms with van der Waals surface area (Å²) in [5, 5.41) is 20.8. The summed E-state index contributed by atoms with van der Waals surface area (Å²) >= 11 is 1.21. The molecule has 0 spiro atoms. The molecule has 3 rings (SSSR count). The summed E-state index contributed by atoms with van der Waals surface area (Å²) in [5.74, 6) is 0.622. The first-order chi connectivity index (χ1) is 15.9. The van der Waals surface area contributed by atoms with Crippen molar-refractivity contribution in [1.82, 2.24) is 14.8 Å². The summed E-state index contributed by atoms with van der Waals surface area (Å²) in [4.78, 5) is 23.5. The molecule has 0 bridgehead atoms. The van der Waals surface area contributed by atoms with Crippen LogP contribution in [0.15, 0.2) is 66.3 Å². The molecule has 2 N–H and O–H groups in total. The van der Waals surface area contributed by atoms with Crippen LogP contribution in [0.4, 0.5) is 5.69 Å². The van der Waals surface area contributed by atoms with Crippen LogP contribution in [0, 0.1) is 0 Å². The standard InChI is InChI=1S/C23H24N4O5S/c1-4-11-27-21(15(2)32-19-10-6-9-18(13-19)31-3)25-26-23(27)33-14-20(28)24-17-8-5-7-16(12-17)22(29)30/h4-10,12-13,15H,1,11,14H2,2-3H3,(H,24,28)(H,29,30). The maximum absolute atomic E-state index is 12.4. The lowest BCUT2D eigenvalue weighted by Crippen LogP contribution is -2.16. The number of amides is 1. The Bertz CT molecular complexity index is 1150. The van der Waals surface area contributed by atoms with Gasteiger partial charge in [0.05, 0.1) is 18.4 Å². The van der Waals surface area contributed by atoms with Crippen LogP contribution in [-0.4, -0.2) is 44.6 Å². The molecule has 1 atom stereocenters. The maximum atomic E-state index is 12.4. The first-order valence-corrected chi connectivity index (χ1v) is 11.0. The van der Waals surface area contributed by atoms with Gasteiger partial charge in [0.2, 0.25) is 5.91 Å². The molecule has 1 amide bonds. The fraction of sp³-hybridized carbons (Fsp3) is 0.217. The fourth-order valence-electron chi connectivity index (χ4n) is 3.00.